The summed E-state index contributed by atoms with van der Waals surface area (Å²) in [4.78, 5) is 27.4. The van der Waals surface area contributed by atoms with Crippen LogP contribution in [0.2, 0.25) is 10.0 Å². The van der Waals surface area contributed by atoms with E-state index >= 15 is 0 Å². The van der Waals surface area contributed by atoms with E-state index in [1.165, 1.54) is 18.4 Å². The standard InChI is InChI=1S/C20H23Cl2N3O3S2/c1-5-25(6-2)18(26)16-11(3)15(19(27)28-4)17(30-16)24-20(29)23-10-12-7-8-13(21)9-14(12)22/h7-9H,5-6,10H2,1-4H3,(H2,23,24,29). The van der Waals surface area contributed by atoms with Gasteiger partial charge in [0.25, 0.3) is 5.91 Å². The molecule has 2 rings (SSSR count). The summed E-state index contributed by atoms with van der Waals surface area (Å²) in [5.74, 6) is -0.666. The number of carbonyl (C=O) groups excluding carboxylic acids is 2. The van der Waals surface area contributed by atoms with Gasteiger partial charge in [-0.15, -0.1) is 11.3 Å². The number of esters is 1. The first kappa shape index (κ1) is 24.4. The van der Waals surface area contributed by atoms with E-state index in [9.17, 15) is 9.59 Å². The molecule has 0 atom stereocenters. The Hall–Kier alpha value is -1.87. The molecule has 1 aromatic heterocycles. The van der Waals surface area contributed by atoms with Gasteiger partial charge in [-0.1, -0.05) is 29.3 Å². The first-order valence-corrected chi connectivity index (χ1v) is 11.2. The maximum Gasteiger partial charge on any atom is 0.341 e. The predicted octanol–water partition coefficient (Wildman–Crippen LogP) is 5.12. The molecule has 2 N–H and O–H groups in total. The number of carbonyl (C=O) groups is 2. The Bertz CT molecular complexity index is 959. The third-order valence-corrected chi connectivity index (χ3v) is 6.49. The molecular weight excluding hydrogens is 465 g/mol. The molecule has 0 spiro atoms. The Morgan fingerprint density at radius 2 is 1.90 bits per heavy atom. The summed E-state index contributed by atoms with van der Waals surface area (Å²) in [5, 5.41) is 7.87. The number of hydrogen-bond acceptors (Lipinski definition) is 5. The molecule has 0 bridgehead atoms. The number of thiocarbonyl (C=S) groups is 1. The van der Waals surface area contributed by atoms with Gasteiger partial charge in [0.2, 0.25) is 0 Å². The molecule has 1 heterocycles. The van der Waals surface area contributed by atoms with Crippen LogP contribution < -0.4 is 10.6 Å². The molecule has 30 heavy (non-hydrogen) atoms. The van der Waals surface area contributed by atoms with Crippen molar-refractivity contribution in [2.24, 2.45) is 0 Å². The van der Waals surface area contributed by atoms with Gasteiger partial charge >= 0.3 is 5.97 Å². The Morgan fingerprint density at radius 3 is 2.47 bits per heavy atom. The van der Waals surface area contributed by atoms with Gasteiger partial charge in [-0.2, -0.15) is 0 Å². The summed E-state index contributed by atoms with van der Waals surface area (Å²) in [6.07, 6.45) is 0. The van der Waals surface area contributed by atoms with Crippen molar-refractivity contribution in [3.8, 4) is 0 Å². The highest BCUT2D eigenvalue weighted by Gasteiger charge is 2.27. The van der Waals surface area contributed by atoms with Crippen LogP contribution in [0.1, 0.15) is 45.0 Å². The van der Waals surface area contributed by atoms with Crippen molar-refractivity contribution in [3.63, 3.8) is 0 Å². The molecule has 0 saturated heterocycles. The van der Waals surface area contributed by atoms with Crippen LogP contribution in [-0.2, 0) is 11.3 Å². The molecule has 0 unspecified atom stereocenters. The molecule has 0 aliphatic rings. The summed E-state index contributed by atoms with van der Waals surface area (Å²) in [6, 6.07) is 5.19. The summed E-state index contributed by atoms with van der Waals surface area (Å²) < 4.78 is 4.91. The van der Waals surface area contributed by atoms with Crippen LogP contribution >= 0.6 is 46.8 Å². The maximum atomic E-state index is 12.8. The maximum absolute atomic E-state index is 12.8. The second-order valence-electron chi connectivity index (χ2n) is 6.27. The van der Waals surface area contributed by atoms with Crippen LogP contribution in [0.15, 0.2) is 18.2 Å². The number of hydrogen-bond donors (Lipinski definition) is 2. The lowest BCUT2D eigenvalue weighted by atomic mass is 10.1. The minimum Gasteiger partial charge on any atom is -0.465 e. The smallest absolute Gasteiger partial charge is 0.341 e. The third-order valence-electron chi connectivity index (χ3n) is 4.46. The Morgan fingerprint density at radius 1 is 1.23 bits per heavy atom. The first-order chi connectivity index (χ1) is 14.2. The van der Waals surface area contributed by atoms with E-state index < -0.39 is 5.97 Å². The van der Waals surface area contributed by atoms with Gasteiger partial charge in [0.05, 0.1) is 17.6 Å². The fraction of sp³-hybridized carbons (Fsp3) is 0.350. The number of ether oxygens (including phenoxy) is 1. The fourth-order valence-electron chi connectivity index (χ4n) is 2.80. The van der Waals surface area contributed by atoms with Gasteiger partial charge in [0.15, 0.2) is 5.11 Å². The van der Waals surface area contributed by atoms with Gasteiger partial charge in [-0.3, -0.25) is 4.79 Å². The average Bonchev–Trinajstić information content (AvgIpc) is 3.03. The zero-order valence-corrected chi connectivity index (χ0v) is 20.2. The van der Waals surface area contributed by atoms with Crippen LogP contribution in [-0.4, -0.2) is 42.1 Å². The average molecular weight is 488 g/mol. The molecule has 2 aromatic rings. The second kappa shape index (κ2) is 10.9. The number of anilines is 1. The number of amides is 1. The molecular formula is C20H23Cl2N3O3S2. The highest BCUT2D eigenvalue weighted by molar-refractivity contribution is 7.80. The van der Waals surface area contributed by atoms with Crippen molar-refractivity contribution >= 4 is 68.7 Å². The zero-order valence-electron chi connectivity index (χ0n) is 17.1. The molecule has 0 saturated carbocycles. The van der Waals surface area contributed by atoms with Crippen molar-refractivity contribution in [1.82, 2.24) is 10.2 Å². The number of nitrogens with one attached hydrogen (secondary N) is 2. The number of methoxy groups -OCH3 is 1. The number of rotatable bonds is 7. The van der Waals surface area contributed by atoms with Crippen molar-refractivity contribution in [2.45, 2.75) is 27.3 Å². The number of nitrogens with zero attached hydrogens (tertiary/aromatic N) is 1. The summed E-state index contributed by atoms with van der Waals surface area (Å²) >= 11 is 18.7. The van der Waals surface area contributed by atoms with Crippen molar-refractivity contribution in [3.05, 3.63) is 49.8 Å². The molecule has 162 valence electrons. The SMILES string of the molecule is CCN(CC)C(=O)c1sc(NC(=S)NCc2ccc(Cl)cc2Cl)c(C(=O)OC)c1C. The number of benzene rings is 1. The Balaban J connectivity index is 2.24. The minimum absolute atomic E-state index is 0.132. The Kier molecular flexibility index (Phi) is 8.91. The normalized spacial score (nSPS) is 10.5. The fourth-order valence-corrected chi connectivity index (χ4v) is 4.68. The quantitative estimate of drug-likeness (QED) is 0.417. The van der Waals surface area contributed by atoms with Crippen LogP contribution in [0, 0.1) is 6.92 Å². The monoisotopic (exact) mass is 487 g/mol. The van der Waals surface area contributed by atoms with Crippen LogP contribution in [0.25, 0.3) is 0 Å². The van der Waals surface area contributed by atoms with Gasteiger partial charge in [0.1, 0.15) is 5.00 Å². The zero-order chi connectivity index (χ0) is 22.4. The molecule has 1 aromatic carbocycles. The van der Waals surface area contributed by atoms with Crippen molar-refractivity contribution in [2.75, 3.05) is 25.5 Å². The highest BCUT2D eigenvalue weighted by atomic mass is 35.5. The first-order valence-electron chi connectivity index (χ1n) is 9.23. The third kappa shape index (κ3) is 5.63. The summed E-state index contributed by atoms with van der Waals surface area (Å²) in [5.41, 5.74) is 1.68. The molecule has 0 fully saturated rings. The van der Waals surface area contributed by atoms with E-state index in [0.29, 0.717) is 50.7 Å². The minimum atomic E-state index is -0.534. The lowest BCUT2D eigenvalue weighted by molar-refractivity contribution is 0.0601. The second-order valence-corrected chi connectivity index (χ2v) is 8.55. The van der Waals surface area contributed by atoms with Gasteiger partial charge in [-0.25, -0.2) is 4.79 Å². The van der Waals surface area contributed by atoms with E-state index in [4.69, 9.17) is 40.2 Å². The molecule has 0 aliphatic carbocycles. The lowest BCUT2D eigenvalue weighted by Crippen LogP contribution is -2.30. The van der Waals surface area contributed by atoms with E-state index in [0.717, 1.165) is 5.56 Å². The van der Waals surface area contributed by atoms with Crippen LogP contribution in [0.4, 0.5) is 5.00 Å². The summed E-state index contributed by atoms with van der Waals surface area (Å²) in [6.45, 7) is 7.06. The number of halogens is 2. The highest BCUT2D eigenvalue weighted by Crippen LogP contribution is 2.34. The van der Waals surface area contributed by atoms with E-state index in [1.807, 2.05) is 13.8 Å². The molecule has 1 amide bonds. The van der Waals surface area contributed by atoms with E-state index in [1.54, 1.807) is 30.0 Å². The van der Waals surface area contributed by atoms with Crippen LogP contribution in [0.5, 0.6) is 0 Å². The molecule has 10 heteroatoms. The van der Waals surface area contributed by atoms with Crippen LogP contribution in [0.3, 0.4) is 0 Å². The molecule has 6 nitrogen and oxygen atoms in total. The molecule has 0 aliphatic heterocycles. The largest absolute Gasteiger partial charge is 0.465 e. The predicted molar refractivity (Wildman–Crippen MR) is 127 cm³/mol. The van der Waals surface area contributed by atoms with E-state index in [-0.39, 0.29) is 11.0 Å². The van der Waals surface area contributed by atoms with Gasteiger partial charge in [0, 0.05) is 29.7 Å². The lowest BCUT2D eigenvalue weighted by Gasteiger charge is -2.18. The van der Waals surface area contributed by atoms with Crippen molar-refractivity contribution in [1.29, 1.82) is 0 Å². The van der Waals surface area contributed by atoms with E-state index in [2.05, 4.69) is 10.6 Å². The van der Waals surface area contributed by atoms with Gasteiger partial charge in [-0.05, 0) is 56.2 Å². The van der Waals surface area contributed by atoms with Gasteiger partial charge < -0.3 is 20.3 Å². The summed E-state index contributed by atoms with van der Waals surface area (Å²) in [7, 11) is 1.30. The molecule has 0 radical (unpaired) electrons. The topological polar surface area (TPSA) is 70.7 Å². The Labute approximate surface area is 195 Å². The van der Waals surface area contributed by atoms with Crippen molar-refractivity contribution < 1.29 is 14.3 Å². The number of thiophene rings is 1.